The van der Waals surface area contributed by atoms with Gasteiger partial charge in [0.15, 0.2) is 11.6 Å². The van der Waals surface area contributed by atoms with Crippen LogP contribution in [-0.4, -0.2) is 57.6 Å². The second kappa shape index (κ2) is 6.70. The molecule has 0 N–H and O–H groups in total. The van der Waals surface area contributed by atoms with Crippen molar-refractivity contribution in [2.75, 3.05) is 37.6 Å². The van der Waals surface area contributed by atoms with Crippen molar-refractivity contribution in [2.24, 2.45) is 0 Å². The number of hydrogen-bond donors (Lipinski definition) is 0. The summed E-state index contributed by atoms with van der Waals surface area (Å²) in [5, 5.41) is 12.8. The van der Waals surface area contributed by atoms with Gasteiger partial charge in [0.2, 0.25) is 0 Å². The van der Waals surface area contributed by atoms with Gasteiger partial charge in [0, 0.05) is 45.1 Å². The zero-order chi connectivity index (χ0) is 15.4. The van der Waals surface area contributed by atoms with Gasteiger partial charge in [-0.05, 0) is 32.0 Å². The lowest BCUT2D eigenvalue weighted by Gasteiger charge is -2.34. The van der Waals surface area contributed by atoms with Gasteiger partial charge in [-0.2, -0.15) is 5.10 Å². The van der Waals surface area contributed by atoms with E-state index in [1.54, 1.807) is 10.9 Å². The fourth-order valence-electron chi connectivity index (χ4n) is 2.48. The molecular weight excluding hydrogens is 276 g/mol. The normalized spacial score (nSPS) is 15.8. The molecule has 0 atom stereocenters. The number of nitrogens with zero attached hydrogens (tertiary/aromatic N) is 6. The highest BCUT2D eigenvalue weighted by molar-refractivity contribution is 5.40. The zero-order valence-electron chi connectivity index (χ0n) is 13.2. The third-order valence-corrected chi connectivity index (χ3v) is 3.83. The third kappa shape index (κ3) is 3.51. The van der Waals surface area contributed by atoms with Crippen molar-refractivity contribution < 1.29 is 0 Å². The second-order valence-electron chi connectivity index (χ2n) is 5.77. The van der Waals surface area contributed by atoms with Crippen molar-refractivity contribution in [2.45, 2.75) is 13.8 Å². The zero-order valence-corrected chi connectivity index (χ0v) is 13.2. The van der Waals surface area contributed by atoms with Gasteiger partial charge in [0.05, 0.1) is 0 Å². The molecule has 3 heterocycles. The summed E-state index contributed by atoms with van der Waals surface area (Å²) in [5.41, 5.74) is 1.38. The predicted octanol–water partition coefficient (Wildman–Crippen LogP) is 1.75. The number of hydrogen-bond acceptors (Lipinski definition) is 5. The quantitative estimate of drug-likeness (QED) is 0.805. The molecule has 2 aromatic heterocycles. The van der Waals surface area contributed by atoms with E-state index >= 15 is 0 Å². The molecule has 3 rings (SSSR count). The lowest BCUT2D eigenvalue weighted by atomic mass is 10.2. The van der Waals surface area contributed by atoms with E-state index in [0.29, 0.717) is 0 Å². The van der Waals surface area contributed by atoms with E-state index in [-0.39, 0.29) is 0 Å². The van der Waals surface area contributed by atoms with Crippen LogP contribution in [0.1, 0.15) is 13.8 Å². The van der Waals surface area contributed by atoms with Crippen LogP contribution in [0.2, 0.25) is 0 Å². The topological polar surface area (TPSA) is 50.1 Å². The van der Waals surface area contributed by atoms with Gasteiger partial charge in [0.25, 0.3) is 0 Å². The molecule has 1 aliphatic rings. The molecule has 0 amide bonds. The molecular formula is C16H22N6. The van der Waals surface area contributed by atoms with E-state index < -0.39 is 0 Å². The Morgan fingerprint density at radius 1 is 1.09 bits per heavy atom. The average molecular weight is 298 g/mol. The largest absolute Gasteiger partial charge is 0.353 e. The van der Waals surface area contributed by atoms with Crippen molar-refractivity contribution in [3.05, 3.63) is 42.2 Å². The Morgan fingerprint density at radius 2 is 1.82 bits per heavy atom. The van der Waals surface area contributed by atoms with E-state index in [1.807, 2.05) is 24.4 Å². The summed E-state index contributed by atoms with van der Waals surface area (Å²) < 4.78 is 1.72. The highest BCUT2D eigenvalue weighted by Gasteiger charge is 2.17. The Bertz CT molecular complexity index is 605. The number of rotatable bonds is 4. The maximum absolute atomic E-state index is 4.34. The van der Waals surface area contributed by atoms with Gasteiger partial charge in [-0.3, -0.25) is 4.90 Å². The molecule has 6 nitrogen and oxygen atoms in total. The maximum Gasteiger partial charge on any atom is 0.175 e. The summed E-state index contributed by atoms with van der Waals surface area (Å²) in [6.45, 7) is 9.44. The van der Waals surface area contributed by atoms with E-state index in [0.717, 1.165) is 44.4 Å². The minimum absolute atomic E-state index is 0.746. The number of anilines is 1. The lowest BCUT2D eigenvalue weighted by Crippen LogP contribution is -2.46. The molecule has 0 saturated carbocycles. The van der Waals surface area contributed by atoms with Crippen LogP contribution in [-0.2, 0) is 0 Å². The number of piperazine rings is 1. The van der Waals surface area contributed by atoms with Gasteiger partial charge < -0.3 is 4.90 Å². The van der Waals surface area contributed by atoms with Gasteiger partial charge >= 0.3 is 0 Å². The fraction of sp³-hybridized carbons (Fsp3) is 0.438. The molecule has 0 aliphatic carbocycles. The van der Waals surface area contributed by atoms with E-state index in [9.17, 15) is 0 Å². The molecule has 2 aromatic rings. The highest BCUT2D eigenvalue weighted by Crippen LogP contribution is 2.14. The summed E-state index contributed by atoms with van der Waals surface area (Å²) in [6, 6.07) is 5.86. The van der Waals surface area contributed by atoms with Crippen LogP contribution in [0.15, 0.2) is 42.2 Å². The van der Waals surface area contributed by atoms with Crippen LogP contribution in [0, 0.1) is 0 Å². The van der Waals surface area contributed by atoms with Crippen LogP contribution in [0.3, 0.4) is 0 Å². The van der Waals surface area contributed by atoms with Crippen molar-refractivity contribution >= 4 is 5.82 Å². The van der Waals surface area contributed by atoms with E-state index in [4.69, 9.17) is 0 Å². The van der Waals surface area contributed by atoms with Gasteiger partial charge in [-0.1, -0.05) is 11.6 Å². The van der Waals surface area contributed by atoms with Gasteiger partial charge in [-0.25, -0.2) is 4.68 Å². The summed E-state index contributed by atoms with van der Waals surface area (Å²) >= 11 is 0. The average Bonchev–Trinajstić information content (AvgIpc) is 3.08. The monoisotopic (exact) mass is 298 g/mol. The smallest absolute Gasteiger partial charge is 0.175 e. The molecule has 1 saturated heterocycles. The molecule has 6 heteroatoms. The van der Waals surface area contributed by atoms with Crippen LogP contribution in [0.4, 0.5) is 5.82 Å². The molecule has 0 radical (unpaired) electrons. The minimum Gasteiger partial charge on any atom is -0.353 e. The van der Waals surface area contributed by atoms with Crippen molar-refractivity contribution in [1.29, 1.82) is 0 Å². The molecule has 0 bridgehead atoms. The van der Waals surface area contributed by atoms with Crippen LogP contribution < -0.4 is 4.90 Å². The van der Waals surface area contributed by atoms with Crippen molar-refractivity contribution in [3.63, 3.8) is 0 Å². The Hall–Kier alpha value is -2.21. The molecule has 1 aliphatic heterocycles. The summed E-state index contributed by atoms with van der Waals surface area (Å²) in [4.78, 5) is 4.76. The Morgan fingerprint density at radius 3 is 2.41 bits per heavy atom. The second-order valence-corrected chi connectivity index (χ2v) is 5.77. The van der Waals surface area contributed by atoms with Gasteiger partial charge in [0.1, 0.15) is 0 Å². The fourth-order valence-corrected chi connectivity index (χ4v) is 2.48. The predicted molar refractivity (Wildman–Crippen MR) is 87.2 cm³/mol. The summed E-state index contributed by atoms with van der Waals surface area (Å²) in [7, 11) is 0. The van der Waals surface area contributed by atoms with Crippen LogP contribution in [0.25, 0.3) is 5.82 Å². The first-order valence-electron chi connectivity index (χ1n) is 7.67. The first kappa shape index (κ1) is 14.7. The lowest BCUT2D eigenvalue weighted by molar-refractivity contribution is 0.282. The third-order valence-electron chi connectivity index (χ3n) is 3.83. The summed E-state index contributed by atoms with van der Waals surface area (Å²) in [5.74, 6) is 1.69. The highest BCUT2D eigenvalue weighted by atomic mass is 15.4. The standard InChI is InChI=1S/C16H22N6/c1-14(2)6-9-20-10-12-21(13-11-20)15-4-5-16(19-18-15)22-8-3-7-17-22/h3-8H,9-13H2,1-2H3. The molecule has 0 spiro atoms. The number of aromatic nitrogens is 4. The van der Waals surface area contributed by atoms with Crippen molar-refractivity contribution in [3.8, 4) is 5.82 Å². The molecule has 22 heavy (non-hydrogen) atoms. The molecule has 0 aromatic carbocycles. The van der Waals surface area contributed by atoms with Gasteiger partial charge in [-0.15, -0.1) is 10.2 Å². The first-order chi connectivity index (χ1) is 10.7. The van der Waals surface area contributed by atoms with E-state index in [2.05, 4.69) is 45.0 Å². The summed E-state index contributed by atoms with van der Waals surface area (Å²) in [6.07, 6.45) is 5.89. The SMILES string of the molecule is CC(C)=CCN1CCN(c2ccc(-n3cccn3)nn2)CC1. The Kier molecular flexibility index (Phi) is 4.48. The van der Waals surface area contributed by atoms with Crippen LogP contribution in [0.5, 0.6) is 0 Å². The van der Waals surface area contributed by atoms with E-state index in [1.165, 1.54) is 5.57 Å². The number of allylic oxidation sites excluding steroid dienone is 1. The van der Waals surface area contributed by atoms with Crippen molar-refractivity contribution in [1.82, 2.24) is 24.9 Å². The maximum atomic E-state index is 4.34. The first-order valence-corrected chi connectivity index (χ1v) is 7.67. The molecule has 1 fully saturated rings. The molecule has 116 valence electrons. The molecule has 0 unspecified atom stereocenters. The Balaban J connectivity index is 1.58. The minimum atomic E-state index is 0.746. The van der Waals surface area contributed by atoms with Crippen LogP contribution >= 0.6 is 0 Å². The Labute approximate surface area is 131 Å².